The third kappa shape index (κ3) is 8.56. The van der Waals surface area contributed by atoms with Crippen LogP contribution in [0.3, 0.4) is 0 Å². The van der Waals surface area contributed by atoms with Crippen molar-refractivity contribution in [2.24, 2.45) is 0 Å². The van der Waals surface area contributed by atoms with Crippen molar-refractivity contribution >= 4 is 42.2 Å². The number of hydrogen-bond donors (Lipinski definition) is 1. The fourth-order valence-electron chi connectivity index (χ4n) is 4.92. The summed E-state index contributed by atoms with van der Waals surface area (Å²) >= 11 is 0. The quantitative estimate of drug-likeness (QED) is 0.230. The molecule has 1 aromatic heterocycles. The van der Waals surface area contributed by atoms with E-state index in [2.05, 4.69) is 36.6 Å². The minimum Gasteiger partial charge on any atom is -0.496 e. The van der Waals surface area contributed by atoms with Gasteiger partial charge in [0.1, 0.15) is 17.3 Å². The molecule has 3 aromatic rings. The fraction of sp³-hybridized carbons (Fsp3) is 0.375. The number of aromatic nitrogens is 2. The number of carbonyl (C=O) groups excluding carboxylic acids is 2. The molecule has 1 saturated heterocycles. The lowest BCUT2D eigenvalue weighted by Gasteiger charge is -2.25. The molecule has 0 radical (unpaired) electrons. The molecule has 0 unspecified atom stereocenters. The molecule has 1 N–H and O–H groups in total. The Kier molecular flexibility index (Phi) is 12.1. The van der Waals surface area contributed by atoms with Crippen LogP contribution in [-0.4, -0.2) is 94.2 Å². The zero-order valence-corrected chi connectivity index (χ0v) is 26.6. The number of likely N-dealkylation sites (N-methyl/N-ethyl adjacent to an activating group) is 2. The second-order valence-electron chi connectivity index (χ2n) is 10.6. The second kappa shape index (κ2) is 15.5. The maximum absolute atomic E-state index is 13.3. The number of anilines is 3. The first-order chi connectivity index (χ1) is 20.2. The molecule has 2 heterocycles. The fourth-order valence-corrected chi connectivity index (χ4v) is 4.92. The highest BCUT2D eigenvalue weighted by atomic mass is 32.1. The molecule has 0 saturated carbocycles. The van der Waals surface area contributed by atoms with Gasteiger partial charge in [-0.05, 0) is 63.0 Å². The standard InChI is InChI=1S/C32H40N6O4.H2S/c1-7-31(39)35-27-18-23(29(42-6)20-28(27)37(4)17-16-36(2)3)19-30-33-14-12-26(34-30)32(40)22-8-10-24(11-9-22)38-15-13-25(21-38)41-5;/h7-12,14,18,20,25H,1,13,15-17,19,21H2,2-6H3,(H,35,39);1H2/t25-;/m0./s1. The maximum atomic E-state index is 13.3. The summed E-state index contributed by atoms with van der Waals surface area (Å²) in [7, 11) is 9.33. The molecule has 1 atom stereocenters. The molecule has 43 heavy (non-hydrogen) atoms. The molecule has 0 bridgehead atoms. The van der Waals surface area contributed by atoms with Gasteiger partial charge in [-0.1, -0.05) is 6.58 Å². The van der Waals surface area contributed by atoms with E-state index in [1.807, 2.05) is 57.5 Å². The third-order valence-electron chi connectivity index (χ3n) is 7.40. The van der Waals surface area contributed by atoms with Crippen LogP contribution in [0.5, 0.6) is 5.75 Å². The van der Waals surface area contributed by atoms with Crippen LogP contribution in [0.1, 0.15) is 33.9 Å². The number of benzene rings is 2. The average molecular weight is 607 g/mol. The molecule has 4 rings (SSSR count). The number of nitrogens with zero attached hydrogens (tertiary/aromatic N) is 5. The van der Waals surface area contributed by atoms with Crippen LogP contribution in [0.4, 0.5) is 17.1 Å². The summed E-state index contributed by atoms with van der Waals surface area (Å²) in [5.41, 5.74) is 4.15. The Morgan fingerprint density at radius 2 is 1.86 bits per heavy atom. The number of carbonyl (C=O) groups is 2. The predicted molar refractivity (Wildman–Crippen MR) is 176 cm³/mol. The van der Waals surface area contributed by atoms with Crippen LogP contribution in [0, 0.1) is 0 Å². The summed E-state index contributed by atoms with van der Waals surface area (Å²) in [4.78, 5) is 41.0. The van der Waals surface area contributed by atoms with Crippen LogP contribution < -0.4 is 19.9 Å². The number of rotatable bonds is 13. The molecule has 1 amide bonds. The van der Waals surface area contributed by atoms with E-state index in [1.54, 1.807) is 26.5 Å². The van der Waals surface area contributed by atoms with Crippen molar-refractivity contribution in [2.45, 2.75) is 18.9 Å². The van der Waals surface area contributed by atoms with Gasteiger partial charge in [0.25, 0.3) is 0 Å². The van der Waals surface area contributed by atoms with Crippen molar-refractivity contribution in [1.82, 2.24) is 14.9 Å². The van der Waals surface area contributed by atoms with Gasteiger partial charge in [0.15, 0.2) is 0 Å². The van der Waals surface area contributed by atoms with Gasteiger partial charge in [-0.25, -0.2) is 9.97 Å². The predicted octanol–water partition coefficient (Wildman–Crippen LogP) is 3.77. The summed E-state index contributed by atoms with van der Waals surface area (Å²) < 4.78 is 11.2. The summed E-state index contributed by atoms with van der Waals surface area (Å²) in [6, 6.07) is 13.0. The van der Waals surface area contributed by atoms with E-state index in [0.29, 0.717) is 34.9 Å². The first-order valence-electron chi connectivity index (χ1n) is 14.0. The van der Waals surface area contributed by atoms with Crippen LogP contribution in [0.15, 0.2) is 61.3 Å². The Bertz CT molecular complexity index is 1420. The molecule has 1 fully saturated rings. The van der Waals surface area contributed by atoms with Crippen LogP contribution >= 0.6 is 13.5 Å². The lowest BCUT2D eigenvalue weighted by Crippen LogP contribution is -2.29. The highest BCUT2D eigenvalue weighted by Gasteiger charge is 2.23. The topological polar surface area (TPSA) is 100 Å². The van der Waals surface area contributed by atoms with Crippen LogP contribution in [0.2, 0.25) is 0 Å². The van der Waals surface area contributed by atoms with E-state index in [9.17, 15) is 9.59 Å². The first-order valence-corrected chi connectivity index (χ1v) is 14.0. The Hall–Kier alpha value is -3.93. The highest BCUT2D eigenvalue weighted by molar-refractivity contribution is 7.59. The molecule has 2 aromatic carbocycles. The van der Waals surface area contributed by atoms with Crippen molar-refractivity contribution in [1.29, 1.82) is 0 Å². The Morgan fingerprint density at radius 3 is 2.49 bits per heavy atom. The summed E-state index contributed by atoms with van der Waals surface area (Å²) in [6.45, 7) is 6.93. The first kappa shape index (κ1) is 33.6. The molecule has 10 nitrogen and oxygen atoms in total. The minimum atomic E-state index is -0.313. The Labute approximate surface area is 261 Å². The Balaban J connectivity index is 0.00000506. The summed E-state index contributed by atoms with van der Waals surface area (Å²) in [5.74, 6) is 0.608. The van der Waals surface area contributed by atoms with Crippen molar-refractivity contribution in [3.05, 3.63) is 84.0 Å². The summed E-state index contributed by atoms with van der Waals surface area (Å²) in [5, 5.41) is 2.91. The lowest BCUT2D eigenvalue weighted by molar-refractivity contribution is -0.111. The number of ether oxygens (including phenoxy) is 2. The normalized spacial score (nSPS) is 14.3. The second-order valence-corrected chi connectivity index (χ2v) is 10.6. The van der Waals surface area contributed by atoms with Gasteiger partial charge < -0.3 is 29.5 Å². The monoisotopic (exact) mass is 606 g/mol. The number of ketones is 1. The highest BCUT2D eigenvalue weighted by Crippen LogP contribution is 2.34. The van der Waals surface area contributed by atoms with E-state index >= 15 is 0 Å². The number of hydrogen-bond acceptors (Lipinski definition) is 9. The van der Waals surface area contributed by atoms with E-state index in [-0.39, 0.29) is 31.3 Å². The molecule has 11 heteroatoms. The smallest absolute Gasteiger partial charge is 0.247 e. The van der Waals surface area contributed by atoms with Gasteiger partial charge in [-0.2, -0.15) is 13.5 Å². The number of amides is 1. The molecule has 1 aliphatic heterocycles. The van der Waals surface area contributed by atoms with E-state index in [4.69, 9.17) is 9.47 Å². The Morgan fingerprint density at radius 1 is 1.12 bits per heavy atom. The zero-order valence-electron chi connectivity index (χ0n) is 25.6. The van der Waals surface area contributed by atoms with E-state index in [0.717, 1.165) is 49.5 Å². The molecular weight excluding hydrogens is 564 g/mol. The number of methoxy groups -OCH3 is 2. The molecule has 0 spiro atoms. The zero-order chi connectivity index (χ0) is 30.2. The minimum absolute atomic E-state index is 0. The molecular formula is C32H42N6O4S. The van der Waals surface area contributed by atoms with Gasteiger partial charge in [0.2, 0.25) is 11.7 Å². The van der Waals surface area contributed by atoms with Gasteiger partial charge >= 0.3 is 0 Å². The SMILES string of the molecule is C=CC(=O)Nc1cc(Cc2nccc(C(=O)c3ccc(N4CC[C@H](OC)C4)cc3)n2)c(OC)cc1N(C)CCN(C)C.S. The van der Waals surface area contributed by atoms with Crippen molar-refractivity contribution < 1.29 is 19.1 Å². The van der Waals surface area contributed by atoms with E-state index < -0.39 is 0 Å². The largest absolute Gasteiger partial charge is 0.496 e. The van der Waals surface area contributed by atoms with Crippen LogP contribution in [-0.2, 0) is 16.0 Å². The summed E-state index contributed by atoms with van der Waals surface area (Å²) in [6.07, 6.45) is 4.36. The van der Waals surface area contributed by atoms with Gasteiger partial charge in [0, 0.05) is 75.8 Å². The van der Waals surface area contributed by atoms with Gasteiger partial charge in [-0.3, -0.25) is 9.59 Å². The third-order valence-corrected chi connectivity index (χ3v) is 7.40. The van der Waals surface area contributed by atoms with Crippen molar-refractivity contribution in [2.75, 3.05) is 76.7 Å². The molecule has 230 valence electrons. The van der Waals surface area contributed by atoms with E-state index in [1.165, 1.54) is 6.08 Å². The van der Waals surface area contributed by atoms with Crippen molar-refractivity contribution in [3.8, 4) is 5.75 Å². The van der Waals surface area contributed by atoms with Gasteiger partial charge in [0.05, 0.1) is 24.6 Å². The van der Waals surface area contributed by atoms with Gasteiger partial charge in [-0.15, -0.1) is 0 Å². The van der Waals surface area contributed by atoms with Crippen LogP contribution in [0.25, 0.3) is 0 Å². The maximum Gasteiger partial charge on any atom is 0.247 e. The number of nitrogens with one attached hydrogen (secondary N) is 1. The molecule has 0 aliphatic carbocycles. The van der Waals surface area contributed by atoms with Crippen molar-refractivity contribution in [3.63, 3.8) is 0 Å². The molecule has 1 aliphatic rings. The average Bonchev–Trinajstić information content (AvgIpc) is 3.49. The lowest BCUT2D eigenvalue weighted by atomic mass is 10.1.